The van der Waals surface area contributed by atoms with Crippen LogP contribution in [0.15, 0.2) is 84.1 Å². The largest absolute Gasteiger partial charge is 0.509 e. The van der Waals surface area contributed by atoms with Crippen LogP contribution in [0.2, 0.25) is 0 Å². The van der Waals surface area contributed by atoms with E-state index in [1.807, 2.05) is 66.7 Å². The van der Waals surface area contributed by atoms with E-state index >= 15 is 0 Å². The van der Waals surface area contributed by atoms with Crippen molar-refractivity contribution in [2.75, 3.05) is 5.32 Å². The van der Waals surface area contributed by atoms with Gasteiger partial charge in [-0.25, -0.2) is 0 Å². The molecule has 0 radical (unpaired) electrons. The fraction of sp³-hybridized carbons (Fsp3) is 0.0909. The Kier molecular flexibility index (Phi) is 4.34. The van der Waals surface area contributed by atoms with E-state index in [2.05, 4.69) is 10.6 Å². The first-order valence-electron chi connectivity index (χ1n) is 8.70. The molecule has 0 bridgehead atoms. The Morgan fingerprint density at radius 3 is 2.44 bits per heavy atom. The van der Waals surface area contributed by atoms with Crippen LogP contribution in [0.25, 0.3) is 10.8 Å². The Morgan fingerprint density at radius 1 is 0.963 bits per heavy atom. The number of nitrogens with one attached hydrogen (secondary N) is 2. The molecule has 0 aromatic heterocycles. The summed E-state index contributed by atoms with van der Waals surface area (Å²) < 4.78 is 0. The van der Waals surface area contributed by atoms with Crippen LogP contribution in [0, 0.1) is 0 Å². The van der Waals surface area contributed by atoms with Gasteiger partial charge in [-0.1, -0.05) is 60.7 Å². The number of rotatable bonds is 4. The van der Waals surface area contributed by atoms with Crippen molar-refractivity contribution in [1.29, 1.82) is 0 Å². The number of amides is 2. The molecule has 5 heteroatoms. The van der Waals surface area contributed by atoms with E-state index in [4.69, 9.17) is 0 Å². The first-order chi connectivity index (χ1) is 13.1. The normalized spacial score (nSPS) is 16.4. The van der Waals surface area contributed by atoms with Crippen LogP contribution < -0.4 is 10.6 Å². The summed E-state index contributed by atoms with van der Waals surface area (Å²) in [4.78, 5) is 24.8. The number of benzene rings is 3. The molecule has 1 aliphatic heterocycles. The second kappa shape index (κ2) is 6.96. The van der Waals surface area contributed by atoms with Crippen molar-refractivity contribution >= 4 is 28.3 Å². The van der Waals surface area contributed by atoms with Gasteiger partial charge in [-0.05, 0) is 34.9 Å². The zero-order valence-corrected chi connectivity index (χ0v) is 14.5. The fourth-order valence-corrected chi connectivity index (χ4v) is 3.27. The molecule has 1 unspecified atom stereocenters. The molecule has 0 saturated heterocycles. The van der Waals surface area contributed by atoms with E-state index in [9.17, 15) is 14.7 Å². The monoisotopic (exact) mass is 358 g/mol. The molecule has 0 fully saturated rings. The van der Waals surface area contributed by atoms with Crippen molar-refractivity contribution in [2.24, 2.45) is 0 Å². The van der Waals surface area contributed by atoms with Crippen molar-refractivity contribution in [2.45, 2.75) is 12.5 Å². The maximum atomic E-state index is 12.6. The smallest absolute Gasteiger partial charge is 0.264 e. The first-order valence-corrected chi connectivity index (χ1v) is 8.70. The zero-order valence-electron chi connectivity index (χ0n) is 14.5. The van der Waals surface area contributed by atoms with E-state index in [1.54, 1.807) is 6.07 Å². The second-order valence-corrected chi connectivity index (χ2v) is 6.49. The average Bonchev–Trinajstić information content (AvgIpc) is 2.95. The second-order valence-electron chi connectivity index (χ2n) is 6.49. The first kappa shape index (κ1) is 16.8. The highest BCUT2D eigenvalue weighted by atomic mass is 16.3. The number of aliphatic hydroxyl groups is 1. The molecule has 3 N–H and O–H groups in total. The molecule has 0 aliphatic carbocycles. The lowest BCUT2D eigenvalue weighted by Crippen LogP contribution is -2.31. The van der Waals surface area contributed by atoms with Crippen LogP contribution in [-0.4, -0.2) is 23.0 Å². The SMILES string of the molecule is O=C(Nc1ccc2ccccc2c1)C1=C(O)C(Cc2ccccc2)NC1=O. The van der Waals surface area contributed by atoms with Gasteiger partial charge in [0, 0.05) is 5.69 Å². The van der Waals surface area contributed by atoms with Crippen LogP contribution in [0.5, 0.6) is 0 Å². The summed E-state index contributed by atoms with van der Waals surface area (Å²) in [5.41, 5.74) is 1.30. The van der Waals surface area contributed by atoms with Crippen LogP contribution in [0.4, 0.5) is 5.69 Å². The number of anilines is 1. The quantitative estimate of drug-likeness (QED) is 0.626. The number of aliphatic hydroxyl groups excluding tert-OH is 1. The van der Waals surface area contributed by atoms with E-state index < -0.39 is 17.9 Å². The summed E-state index contributed by atoms with van der Waals surface area (Å²) in [7, 11) is 0. The van der Waals surface area contributed by atoms with Crippen molar-refractivity contribution in [3.8, 4) is 0 Å². The van der Waals surface area contributed by atoms with Gasteiger partial charge in [0.15, 0.2) is 0 Å². The van der Waals surface area contributed by atoms with Crippen molar-refractivity contribution in [3.05, 3.63) is 89.7 Å². The zero-order chi connectivity index (χ0) is 18.8. The minimum Gasteiger partial charge on any atom is -0.509 e. The van der Waals surface area contributed by atoms with Crippen LogP contribution in [0.3, 0.4) is 0 Å². The van der Waals surface area contributed by atoms with Gasteiger partial charge in [0.2, 0.25) is 0 Å². The minimum absolute atomic E-state index is 0.220. The third-order valence-electron chi connectivity index (χ3n) is 4.64. The molecule has 1 heterocycles. The van der Waals surface area contributed by atoms with Gasteiger partial charge in [-0.2, -0.15) is 0 Å². The van der Waals surface area contributed by atoms with Gasteiger partial charge in [-0.3, -0.25) is 9.59 Å². The van der Waals surface area contributed by atoms with Gasteiger partial charge in [0.1, 0.15) is 11.3 Å². The molecule has 1 aliphatic rings. The maximum absolute atomic E-state index is 12.6. The third kappa shape index (κ3) is 3.40. The Hall–Kier alpha value is -3.60. The minimum atomic E-state index is -0.615. The highest BCUT2D eigenvalue weighted by Gasteiger charge is 2.36. The standard InChI is InChI=1S/C22H18N2O3/c25-20-18(12-14-6-2-1-3-7-14)24-22(27)19(20)21(26)23-17-11-10-15-8-4-5-9-16(15)13-17/h1-11,13,18,25H,12H2,(H,23,26)(H,24,27). The van der Waals surface area contributed by atoms with Crippen molar-refractivity contribution < 1.29 is 14.7 Å². The predicted octanol–water partition coefficient (Wildman–Crippen LogP) is 3.33. The average molecular weight is 358 g/mol. The van der Waals surface area contributed by atoms with Crippen molar-refractivity contribution in [3.63, 3.8) is 0 Å². The summed E-state index contributed by atoms with van der Waals surface area (Å²) in [5.74, 6) is -1.40. The van der Waals surface area contributed by atoms with E-state index in [0.717, 1.165) is 16.3 Å². The third-order valence-corrected chi connectivity index (χ3v) is 4.64. The lowest BCUT2D eigenvalue weighted by atomic mass is 10.0. The number of fused-ring (bicyclic) bond motifs is 1. The highest BCUT2D eigenvalue weighted by molar-refractivity contribution is 6.24. The molecule has 0 spiro atoms. The van der Waals surface area contributed by atoms with Crippen molar-refractivity contribution in [1.82, 2.24) is 5.32 Å². The summed E-state index contributed by atoms with van der Waals surface area (Å²) in [5, 5.41) is 17.8. The molecular formula is C22H18N2O3. The molecule has 2 amide bonds. The predicted molar refractivity (Wildman–Crippen MR) is 104 cm³/mol. The molecule has 5 nitrogen and oxygen atoms in total. The highest BCUT2D eigenvalue weighted by Crippen LogP contribution is 2.22. The molecular weight excluding hydrogens is 340 g/mol. The number of carbonyl (C=O) groups excluding carboxylic acids is 2. The summed E-state index contributed by atoms with van der Waals surface area (Å²) >= 11 is 0. The molecule has 0 saturated carbocycles. The van der Waals surface area contributed by atoms with E-state index in [-0.39, 0.29) is 11.3 Å². The van der Waals surface area contributed by atoms with Gasteiger partial charge >= 0.3 is 0 Å². The summed E-state index contributed by atoms with van der Waals surface area (Å²) in [6.45, 7) is 0. The Balaban J connectivity index is 1.55. The van der Waals surface area contributed by atoms with Crippen LogP contribution in [-0.2, 0) is 16.0 Å². The van der Waals surface area contributed by atoms with Crippen LogP contribution in [0.1, 0.15) is 5.56 Å². The van der Waals surface area contributed by atoms with Gasteiger partial charge in [0.25, 0.3) is 11.8 Å². The molecule has 1 atom stereocenters. The number of hydrogen-bond acceptors (Lipinski definition) is 3. The molecule has 3 aromatic rings. The summed E-state index contributed by atoms with van der Waals surface area (Å²) in [6, 6.07) is 22.2. The Bertz CT molecular complexity index is 1060. The molecule has 134 valence electrons. The number of hydrogen-bond donors (Lipinski definition) is 3. The van der Waals surface area contributed by atoms with E-state index in [1.165, 1.54) is 0 Å². The van der Waals surface area contributed by atoms with Gasteiger partial charge in [0.05, 0.1) is 6.04 Å². The lowest BCUT2D eigenvalue weighted by Gasteiger charge is -2.10. The van der Waals surface area contributed by atoms with Gasteiger partial charge in [-0.15, -0.1) is 0 Å². The fourth-order valence-electron chi connectivity index (χ4n) is 3.27. The molecule has 3 aromatic carbocycles. The summed E-state index contributed by atoms with van der Waals surface area (Å²) in [6.07, 6.45) is 0.422. The Morgan fingerprint density at radius 2 is 1.67 bits per heavy atom. The molecule has 27 heavy (non-hydrogen) atoms. The molecule has 4 rings (SSSR count). The maximum Gasteiger partial charge on any atom is 0.264 e. The topological polar surface area (TPSA) is 78.4 Å². The van der Waals surface area contributed by atoms with Gasteiger partial charge < -0.3 is 15.7 Å². The van der Waals surface area contributed by atoms with Crippen LogP contribution >= 0.6 is 0 Å². The lowest BCUT2D eigenvalue weighted by molar-refractivity contribution is -0.120. The number of carbonyl (C=O) groups is 2. The Labute approximate surface area is 156 Å². The van der Waals surface area contributed by atoms with E-state index in [0.29, 0.717) is 12.1 Å².